The van der Waals surface area contributed by atoms with E-state index < -0.39 is 0 Å². The quantitative estimate of drug-likeness (QED) is 0.909. The fourth-order valence-electron chi connectivity index (χ4n) is 2.08. The van der Waals surface area contributed by atoms with Gasteiger partial charge in [-0.05, 0) is 36.8 Å². The topological polar surface area (TPSA) is 42.1 Å². The molecule has 20 heavy (non-hydrogen) atoms. The second-order valence-corrected chi connectivity index (χ2v) is 5.84. The summed E-state index contributed by atoms with van der Waals surface area (Å²) >= 11 is 3.59. The molecule has 0 aliphatic rings. The largest absolute Gasteiger partial charge is 0.374 e. The van der Waals surface area contributed by atoms with E-state index in [1.807, 2.05) is 25.3 Å². The van der Waals surface area contributed by atoms with Crippen molar-refractivity contribution in [1.82, 2.24) is 4.98 Å². The van der Waals surface area contributed by atoms with Crippen LogP contribution in [0.25, 0.3) is 0 Å². The zero-order valence-electron chi connectivity index (χ0n) is 11.9. The Balaban J connectivity index is 2.02. The van der Waals surface area contributed by atoms with Crippen molar-refractivity contribution < 1.29 is 0 Å². The molecular formula is C16H20BrN3. The van der Waals surface area contributed by atoms with Crippen LogP contribution in [0.2, 0.25) is 0 Å². The summed E-state index contributed by atoms with van der Waals surface area (Å²) in [6.07, 6.45) is 2.77. The van der Waals surface area contributed by atoms with Crippen molar-refractivity contribution >= 4 is 21.6 Å². The zero-order valence-corrected chi connectivity index (χ0v) is 13.5. The van der Waals surface area contributed by atoms with Gasteiger partial charge in [0.15, 0.2) is 0 Å². The molecule has 1 aromatic carbocycles. The number of hydrogen-bond acceptors (Lipinski definition) is 3. The molecule has 0 saturated carbocycles. The van der Waals surface area contributed by atoms with Gasteiger partial charge < -0.3 is 10.6 Å². The highest BCUT2D eigenvalue weighted by atomic mass is 79.9. The third-order valence-corrected chi connectivity index (χ3v) is 4.03. The SMILES string of the molecule is CC(N)c1ccc(N(C)CCc2ccccn2)cc1Br. The molecule has 3 nitrogen and oxygen atoms in total. The number of nitrogens with zero attached hydrogens (tertiary/aromatic N) is 2. The van der Waals surface area contributed by atoms with Crippen LogP contribution in [0.1, 0.15) is 24.2 Å². The number of likely N-dealkylation sites (N-methyl/N-ethyl adjacent to an activating group) is 1. The van der Waals surface area contributed by atoms with Crippen molar-refractivity contribution in [2.75, 3.05) is 18.5 Å². The first kappa shape index (κ1) is 15.0. The van der Waals surface area contributed by atoms with Crippen molar-refractivity contribution in [3.63, 3.8) is 0 Å². The van der Waals surface area contributed by atoms with Crippen molar-refractivity contribution in [3.8, 4) is 0 Å². The zero-order chi connectivity index (χ0) is 14.5. The molecule has 1 unspecified atom stereocenters. The number of nitrogens with two attached hydrogens (primary N) is 1. The van der Waals surface area contributed by atoms with Crippen LogP contribution >= 0.6 is 15.9 Å². The van der Waals surface area contributed by atoms with Gasteiger partial charge in [-0.1, -0.05) is 28.1 Å². The Kier molecular flexibility index (Phi) is 5.15. The van der Waals surface area contributed by atoms with E-state index in [9.17, 15) is 0 Å². The average molecular weight is 334 g/mol. The number of hydrogen-bond donors (Lipinski definition) is 1. The Hall–Kier alpha value is -1.39. The molecule has 4 heteroatoms. The van der Waals surface area contributed by atoms with E-state index >= 15 is 0 Å². The van der Waals surface area contributed by atoms with Crippen LogP contribution in [0.4, 0.5) is 5.69 Å². The van der Waals surface area contributed by atoms with Gasteiger partial charge >= 0.3 is 0 Å². The third kappa shape index (κ3) is 3.81. The van der Waals surface area contributed by atoms with Gasteiger partial charge in [0.2, 0.25) is 0 Å². The minimum absolute atomic E-state index is 0.0391. The Morgan fingerprint density at radius 2 is 2.10 bits per heavy atom. The maximum Gasteiger partial charge on any atom is 0.0421 e. The van der Waals surface area contributed by atoms with E-state index in [2.05, 4.69) is 57.1 Å². The Morgan fingerprint density at radius 3 is 2.70 bits per heavy atom. The summed E-state index contributed by atoms with van der Waals surface area (Å²) in [7, 11) is 2.09. The van der Waals surface area contributed by atoms with Gasteiger partial charge in [0, 0.05) is 48.1 Å². The molecule has 1 heterocycles. The van der Waals surface area contributed by atoms with Gasteiger partial charge in [-0.3, -0.25) is 4.98 Å². The molecule has 2 aromatic rings. The summed E-state index contributed by atoms with van der Waals surface area (Å²) in [6, 6.07) is 12.4. The molecule has 2 N–H and O–H groups in total. The minimum Gasteiger partial charge on any atom is -0.374 e. The highest BCUT2D eigenvalue weighted by molar-refractivity contribution is 9.10. The maximum atomic E-state index is 5.92. The first-order chi connectivity index (χ1) is 9.58. The van der Waals surface area contributed by atoms with Gasteiger partial charge in [-0.15, -0.1) is 0 Å². The predicted octanol–water partition coefficient (Wildman–Crippen LogP) is 3.54. The summed E-state index contributed by atoms with van der Waals surface area (Å²) in [5, 5.41) is 0. The summed E-state index contributed by atoms with van der Waals surface area (Å²) in [6.45, 7) is 2.92. The monoisotopic (exact) mass is 333 g/mol. The first-order valence-corrected chi connectivity index (χ1v) is 7.53. The second-order valence-electron chi connectivity index (χ2n) is 4.99. The summed E-state index contributed by atoms with van der Waals surface area (Å²) in [4.78, 5) is 6.57. The van der Waals surface area contributed by atoms with Crippen molar-refractivity contribution in [2.45, 2.75) is 19.4 Å². The Bertz CT molecular complexity index is 555. The normalized spacial score (nSPS) is 12.2. The maximum absolute atomic E-state index is 5.92. The van der Waals surface area contributed by atoms with Gasteiger partial charge in [-0.2, -0.15) is 0 Å². The number of pyridine rings is 1. The smallest absolute Gasteiger partial charge is 0.0421 e. The van der Waals surface area contributed by atoms with E-state index in [0.717, 1.165) is 28.7 Å². The molecular weight excluding hydrogens is 314 g/mol. The molecule has 0 radical (unpaired) electrons. The lowest BCUT2D eigenvalue weighted by Gasteiger charge is -2.20. The van der Waals surface area contributed by atoms with Crippen LogP contribution in [0.15, 0.2) is 47.1 Å². The summed E-state index contributed by atoms with van der Waals surface area (Å²) < 4.78 is 1.06. The van der Waals surface area contributed by atoms with E-state index in [4.69, 9.17) is 5.73 Å². The van der Waals surface area contributed by atoms with Crippen molar-refractivity contribution in [3.05, 3.63) is 58.3 Å². The number of anilines is 1. The van der Waals surface area contributed by atoms with Gasteiger partial charge in [0.1, 0.15) is 0 Å². The number of benzene rings is 1. The fourth-order valence-corrected chi connectivity index (χ4v) is 2.81. The number of halogens is 1. The van der Waals surface area contributed by atoms with Crippen LogP contribution in [-0.4, -0.2) is 18.6 Å². The minimum atomic E-state index is 0.0391. The lowest BCUT2D eigenvalue weighted by atomic mass is 10.1. The Labute approximate surface area is 129 Å². The van der Waals surface area contributed by atoms with Gasteiger partial charge in [-0.25, -0.2) is 0 Å². The third-order valence-electron chi connectivity index (χ3n) is 3.34. The molecule has 0 spiro atoms. The van der Waals surface area contributed by atoms with E-state index in [1.54, 1.807) is 0 Å². The fraction of sp³-hybridized carbons (Fsp3) is 0.312. The van der Waals surface area contributed by atoms with Crippen LogP contribution in [-0.2, 0) is 6.42 Å². The van der Waals surface area contributed by atoms with Crippen LogP contribution < -0.4 is 10.6 Å². The summed E-state index contributed by atoms with van der Waals surface area (Å²) in [5.41, 5.74) is 9.35. The first-order valence-electron chi connectivity index (χ1n) is 6.74. The van der Waals surface area contributed by atoms with Crippen LogP contribution in [0.5, 0.6) is 0 Å². The second kappa shape index (κ2) is 6.86. The van der Waals surface area contributed by atoms with Crippen LogP contribution in [0.3, 0.4) is 0 Å². The summed E-state index contributed by atoms with van der Waals surface area (Å²) in [5.74, 6) is 0. The molecule has 0 fully saturated rings. The van der Waals surface area contributed by atoms with E-state index in [-0.39, 0.29) is 6.04 Å². The molecule has 0 aliphatic heterocycles. The molecule has 1 aromatic heterocycles. The van der Waals surface area contributed by atoms with Crippen molar-refractivity contribution in [1.29, 1.82) is 0 Å². The molecule has 1 atom stereocenters. The van der Waals surface area contributed by atoms with Crippen molar-refractivity contribution in [2.24, 2.45) is 5.73 Å². The van der Waals surface area contributed by atoms with Gasteiger partial charge in [0.05, 0.1) is 0 Å². The number of aromatic nitrogens is 1. The highest BCUT2D eigenvalue weighted by Crippen LogP contribution is 2.27. The van der Waals surface area contributed by atoms with E-state index in [1.165, 1.54) is 5.69 Å². The Morgan fingerprint density at radius 1 is 1.30 bits per heavy atom. The van der Waals surface area contributed by atoms with E-state index in [0.29, 0.717) is 0 Å². The molecule has 0 bridgehead atoms. The lowest BCUT2D eigenvalue weighted by molar-refractivity contribution is 0.810. The van der Waals surface area contributed by atoms with Crippen LogP contribution in [0, 0.1) is 0 Å². The number of rotatable bonds is 5. The average Bonchev–Trinajstić information content (AvgIpc) is 2.45. The highest BCUT2D eigenvalue weighted by Gasteiger charge is 2.08. The molecule has 0 saturated heterocycles. The van der Waals surface area contributed by atoms with Gasteiger partial charge in [0.25, 0.3) is 0 Å². The molecule has 0 aliphatic carbocycles. The molecule has 106 valence electrons. The predicted molar refractivity (Wildman–Crippen MR) is 88.0 cm³/mol. The molecule has 0 amide bonds. The standard InChI is InChI=1S/C16H20BrN3/c1-12(18)15-7-6-14(11-16(15)17)20(2)10-8-13-5-3-4-9-19-13/h3-7,9,11-12H,8,10,18H2,1-2H3. The lowest BCUT2D eigenvalue weighted by Crippen LogP contribution is -2.20. The molecule has 2 rings (SSSR count).